The summed E-state index contributed by atoms with van der Waals surface area (Å²) >= 11 is 0. The van der Waals surface area contributed by atoms with Gasteiger partial charge in [-0.3, -0.25) is 9.78 Å². The highest BCUT2D eigenvalue weighted by Gasteiger charge is 2.41. The molecule has 31 heavy (non-hydrogen) atoms. The number of amides is 1. The summed E-state index contributed by atoms with van der Waals surface area (Å²) in [4.78, 5) is 18.6. The van der Waals surface area contributed by atoms with Gasteiger partial charge in [0.2, 0.25) is 5.91 Å². The van der Waals surface area contributed by atoms with Gasteiger partial charge < -0.3 is 9.64 Å². The summed E-state index contributed by atoms with van der Waals surface area (Å²) in [6.07, 6.45) is 5.29. The molecular weight excluding hydrogens is 384 g/mol. The Balaban J connectivity index is 1.58. The fraction of sp³-hybridized carbons (Fsp3) is 0.407. The van der Waals surface area contributed by atoms with Crippen molar-refractivity contribution >= 4 is 16.8 Å². The quantitative estimate of drug-likeness (QED) is 0.510. The van der Waals surface area contributed by atoms with Gasteiger partial charge in [-0.15, -0.1) is 0 Å². The lowest BCUT2D eigenvalue weighted by Gasteiger charge is -2.44. The van der Waals surface area contributed by atoms with Crippen LogP contribution in [-0.4, -0.2) is 36.0 Å². The molecule has 1 unspecified atom stereocenters. The van der Waals surface area contributed by atoms with E-state index in [1.54, 1.807) is 0 Å². The van der Waals surface area contributed by atoms with E-state index in [1.807, 2.05) is 31.2 Å². The standard InChI is InChI=1S/C27H32N2O2/c1-4-26(30)29-17-14-24(15-18-29)27(5-2,31-3)23-12-10-20(11-13-23)22-9-8-21-7-6-16-28-25(21)19-22/h6-13,16,19,24H,4-5,14-15,17-18H2,1-3H3. The van der Waals surface area contributed by atoms with Crippen LogP contribution >= 0.6 is 0 Å². The number of rotatable bonds is 6. The minimum atomic E-state index is -0.315. The summed E-state index contributed by atoms with van der Waals surface area (Å²) in [5.41, 5.74) is 4.27. The highest BCUT2D eigenvalue weighted by molar-refractivity contribution is 5.84. The highest BCUT2D eigenvalue weighted by atomic mass is 16.5. The number of carbonyl (C=O) groups excluding carboxylic acids is 1. The molecule has 0 saturated carbocycles. The molecule has 1 aliphatic heterocycles. The van der Waals surface area contributed by atoms with E-state index in [-0.39, 0.29) is 11.5 Å². The first kappa shape index (κ1) is 21.5. The number of fused-ring (bicyclic) bond motifs is 1. The van der Waals surface area contributed by atoms with Crippen LogP contribution in [0.5, 0.6) is 0 Å². The topological polar surface area (TPSA) is 42.4 Å². The molecule has 2 heterocycles. The molecule has 3 aromatic rings. The van der Waals surface area contributed by atoms with Crippen LogP contribution in [0.15, 0.2) is 60.8 Å². The van der Waals surface area contributed by atoms with Crippen LogP contribution < -0.4 is 0 Å². The molecule has 4 heteroatoms. The monoisotopic (exact) mass is 416 g/mol. The number of likely N-dealkylation sites (tertiary alicyclic amines) is 1. The lowest BCUT2D eigenvalue weighted by molar-refractivity contribution is -0.135. The number of piperidine rings is 1. The Morgan fingerprint density at radius 2 is 1.77 bits per heavy atom. The second-order valence-corrected chi connectivity index (χ2v) is 8.44. The Hall–Kier alpha value is -2.72. The Labute approximate surface area is 185 Å². The molecule has 0 spiro atoms. The predicted octanol–water partition coefficient (Wildman–Crippen LogP) is 5.80. The molecule has 1 amide bonds. The molecule has 0 N–H and O–H groups in total. The highest BCUT2D eigenvalue weighted by Crippen LogP contribution is 2.42. The number of hydrogen-bond donors (Lipinski definition) is 0. The lowest BCUT2D eigenvalue weighted by atomic mass is 9.74. The van der Waals surface area contributed by atoms with E-state index in [4.69, 9.17) is 4.74 Å². The Morgan fingerprint density at radius 3 is 2.42 bits per heavy atom. The maximum atomic E-state index is 12.1. The summed E-state index contributed by atoms with van der Waals surface area (Å²) in [6.45, 7) is 5.79. The average molecular weight is 417 g/mol. The summed E-state index contributed by atoms with van der Waals surface area (Å²) in [5, 5.41) is 1.15. The van der Waals surface area contributed by atoms with Crippen molar-refractivity contribution < 1.29 is 9.53 Å². The number of benzene rings is 2. The molecule has 1 saturated heterocycles. The van der Waals surface area contributed by atoms with Gasteiger partial charge in [-0.25, -0.2) is 0 Å². The maximum Gasteiger partial charge on any atom is 0.222 e. The first-order valence-electron chi connectivity index (χ1n) is 11.4. The van der Waals surface area contributed by atoms with Crippen molar-refractivity contribution in [2.75, 3.05) is 20.2 Å². The van der Waals surface area contributed by atoms with Crippen LogP contribution in [0.4, 0.5) is 0 Å². The summed E-state index contributed by atoms with van der Waals surface area (Å²) in [7, 11) is 1.83. The fourth-order valence-corrected chi connectivity index (χ4v) is 5.17. The number of aromatic nitrogens is 1. The van der Waals surface area contributed by atoms with Crippen LogP contribution in [0.2, 0.25) is 0 Å². The van der Waals surface area contributed by atoms with E-state index in [1.165, 1.54) is 16.7 Å². The zero-order valence-corrected chi connectivity index (χ0v) is 18.8. The third kappa shape index (κ3) is 4.09. The molecule has 0 aliphatic carbocycles. The van der Waals surface area contributed by atoms with Crippen molar-refractivity contribution in [3.63, 3.8) is 0 Å². The molecule has 1 aliphatic rings. The van der Waals surface area contributed by atoms with Crippen molar-refractivity contribution in [1.82, 2.24) is 9.88 Å². The Kier molecular flexibility index (Phi) is 6.38. The van der Waals surface area contributed by atoms with Gasteiger partial charge in [0.1, 0.15) is 0 Å². The van der Waals surface area contributed by atoms with Crippen molar-refractivity contribution in [2.24, 2.45) is 5.92 Å². The Morgan fingerprint density at radius 1 is 1.06 bits per heavy atom. The molecule has 1 atom stereocenters. The van der Waals surface area contributed by atoms with Gasteiger partial charge in [-0.2, -0.15) is 0 Å². The van der Waals surface area contributed by atoms with Crippen LogP contribution in [0.1, 0.15) is 45.1 Å². The first-order chi connectivity index (χ1) is 15.1. The van der Waals surface area contributed by atoms with Gasteiger partial charge in [0.05, 0.1) is 11.1 Å². The average Bonchev–Trinajstić information content (AvgIpc) is 2.85. The summed E-state index contributed by atoms with van der Waals surface area (Å²) < 4.78 is 6.22. The van der Waals surface area contributed by atoms with Crippen molar-refractivity contribution in [1.29, 1.82) is 0 Å². The van der Waals surface area contributed by atoms with E-state index in [2.05, 4.69) is 60.4 Å². The van der Waals surface area contributed by atoms with E-state index < -0.39 is 0 Å². The van der Waals surface area contributed by atoms with E-state index >= 15 is 0 Å². The van der Waals surface area contributed by atoms with Gasteiger partial charge in [0.15, 0.2) is 0 Å². The van der Waals surface area contributed by atoms with Gasteiger partial charge in [-0.1, -0.05) is 56.3 Å². The Bertz CT molecular complexity index is 1030. The van der Waals surface area contributed by atoms with E-state index in [0.29, 0.717) is 12.3 Å². The van der Waals surface area contributed by atoms with Crippen LogP contribution in [0.3, 0.4) is 0 Å². The third-order valence-corrected chi connectivity index (χ3v) is 7.01. The normalized spacial score (nSPS) is 16.9. The van der Waals surface area contributed by atoms with Gasteiger partial charge >= 0.3 is 0 Å². The summed E-state index contributed by atoms with van der Waals surface area (Å²) in [6, 6.07) is 19.3. The molecule has 4 nitrogen and oxygen atoms in total. The molecule has 2 aromatic carbocycles. The second-order valence-electron chi connectivity index (χ2n) is 8.44. The SMILES string of the molecule is CCC(=O)N1CCC(C(CC)(OC)c2ccc(-c3ccc4cccnc4c3)cc2)CC1. The van der Waals surface area contributed by atoms with Crippen molar-refractivity contribution in [2.45, 2.75) is 45.1 Å². The van der Waals surface area contributed by atoms with Crippen LogP contribution in [0.25, 0.3) is 22.0 Å². The van der Waals surface area contributed by atoms with Gasteiger partial charge in [0, 0.05) is 38.2 Å². The van der Waals surface area contributed by atoms with Gasteiger partial charge in [-0.05, 0) is 54.0 Å². The minimum Gasteiger partial charge on any atom is -0.373 e. The second kappa shape index (κ2) is 9.19. The fourth-order valence-electron chi connectivity index (χ4n) is 5.17. The number of carbonyl (C=O) groups is 1. The van der Waals surface area contributed by atoms with E-state index in [9.17, 15) is 4.79 Å². The first-order valence-corrected chi connectivity index (χ1v) is 11.4. The minimum absolute atomic E-state index is 0.257. The van der Waals surface area contributed by atoms with Crippen LogP contribution in [0, 0.1) is 5.92 Å². The maximum absolute atomic E-state index is 12.1. The van der Waals surface area contributed by atoms with Crippen molar-refractivity contribution in [3.05, 3.63) is 66.4 Å². The van der Waals surface area contributed by atoms with Gasteiger partial charge in [0.25, 0.3) is 0 Å². The molecule has 0 bridgehead atoms. The predicted molar refractivity (Wildman–Crippen MR) is 126 cm³/mol. The molecule has 4 rings (SSSR count). The summed E-state index contributed by atoms with van der Waals surface area (Å²) in [5.74, 6) is 0.659. The lowest BCUT2D eigenvalue weighted by Crippen LogP contribution is -2.46. The van der Waals surface area contributed by atoms with E-state index in [0.717, 1.165) is 43.3 Å². The zero-order chi connectivity index (χ0) is 21.8. The number of pyridine rings is 1. The van der Waals surface area contributed by atoms with Crippen LogP contribution in [-0.2, 0) is 15.1 Å². The van der Waals surface area contributed by atoms with Crippen molar-refractivity contribution in [3.8, 4) is 11.1 Å². The number of nitrogens with zero attached hydrogens (tertiary/aromatic N) is 2. The number of hydrogen-bond acceptors (Lipinski definition) is 3. The zero-order valence-electron chi connectivity index (χ0n) is 18.8. The molecule has 0 radical (unpaired) electrons. The molecular formula is C27H32N2O2. The number of methoxy groups -OCH3 is 1. The largest absolute Gasteiger partial charge is 0.373 e. The number of ether oxygens (including phenoxy) is 1. The molecule has 1 fully saturated rings. The molecule has 1 aromatic heterocycles. The third-order valence-electron chi connectivity index (χ3n) is 7.01. The smallest absolute Gasteiger partial charge is 0.222 e. The molecule has 162 valence electrons.